The van der Waals surface area contributed by atoms with Crippen LogP contribution in [0.4, 0.5) is 0 Å². The Hall–Kier alpha value is -2.51. The number of benzene rings is 1. The summed E-state index contributed by atoms with van der Waals surface area (Å²) in [6, 6.07) is 10.5. The SMILES string of the molecule is Cc1ncc(CN2CCC(c3nnc4n3CCNC4)CC2)n1-c1ccccc1. The maximum absolute atomic E-state index is 4.57. The van der Waals surface area contributed by atoms with Crippen LogP contribution in [-0.4, -0.2) is 48.8 Å². The van der Waals surface area contributed by atoms with Gasteiger partial charge in [-0.2, -0.15) is 0 Å². The summed E-state index contributed by atoms with van der Waals surface area (Å²) in [4.78, 5) is 7.11. The van der Waals surface area contributed by atoms with Gasteiger partial charge in [-0.25, -0.2) is 4.98 Å². The van der Waals surface area contributed by atoms with Crippen molar-refractivity contribution in [2.75, 3.05) is 19.6 Å². The van der Waals surface area contributed by atoms with Gasteiger partial charge in [0.15, 0.2) is 0 Å². The number of nitrogens with one attached hydrogen (secondary N) is 1. The first-order chi connectivity index (χ1) is 13.8. The van der Waals surface area contributed by atoms with Crippen LogP contribution >= 0.6 is 0 Å². The molecule has 146 valence electrons. The minimum absolute atomic E-state index is 0.524. The third-order valence-corrected chi connectivity index (χ3v) is 6.02. The summed E-state index contributed by atoms with van der Waals surface area (Å²) in [7, 11) is 0. The number of aromatic nitrogens is 5. The average Bonchev–Trinajstić information content (AvgIpc) is 3.33. The third kappa shape index (κ3) is 3.25. The largest absolute Gasteiger partial charge is 0.312 e. The Balaban J connectivity index is 1.27. The zero-order chi connectivity index (χ0) is 18.9. The van der Waals surface area contributed by atoms with E-state index in [1.807, 2.05) is 6.20 Å². The van der Waals surface area contributed by atoms with E-state index in [0.29, 0.717) is 5.92 Å². The number of imidazole rings is 1. The van der Waals surface area contributed by atoms with Gasteiger partial charge in [0.1, 0.15) is 17.5 Å². The van der Waals surface area contributed by atoms with Crippen LogP contribution in [0.25, 0.3) is 5.69 Å². The first kappa shape index (κ1) is 17.6. The molecule has 28 heavy (non-hydrogen) atoms. The first-order valence-corrected chi connectivity index (χ1v) is 10.2. The highest BCUT2D eigenvalue weighted by atomic mass is 15.3. The molecule has 0 spiro atoms. The van der Waals surface area contributed by atoms with Crippen LogP contribution in [0.3, 0.4) is 0 Å². The lowest BCUT2D eigenvalue weighted by Crippen LogP contribution is -2.35. The number of piperidine rings is 1. The smallest absolute Gasteiger partial charge is 0.147 e. The monoisotopic (exact) mass is 377 g/mol. The number of hydrogen-bond acceptors (Lipinski definition) is 5. The zero-order valence-corrected chi connectivity index (χ0v) is 16.4. The molecule has 2 aliphatic rings. The average molecular weight is 377 g/mol. The summed E-state index contributed by atoms with van der Waals surface area (Å²) in [5, 5.41) is 12.3. The highest BCUT2D eigenvalue weighted by Gasteiger charge is 2.27. The van der Waals surface area contributed by atoms with Crippen LogP contribution in [0.15, 0.2) is 36.5 Å². The van der Waals surface area contributed by atoms with Crippen LogP contribution < -0.4 is 5.32 Å². The fourth-order valence-corrected chi connectivity index (χ4v) is 4.53. The van der Waals surface area contributed by atoms with E-state index in [1.165, 1.54) is 17.2 Å². The van der Waals surface area contributed by atoms with Crippen molar-refractivity contribution >= 4 is 0 Å². The molecule has 1 saturated heterocycles. The Morgan fingerprint density at radius 2 is 1.89 bits per heavy atom. The van der Waals surface area contributed by atoms with Crippen molar-refractivity contribution in [3.05, 3.63) is 59.7 Å². The molecule has 7 nitrogen and oxygen atoms in total. The van der Waals surface area contributed by atoms with Gasteiger partial charge in [0.05, 0.1) is 18.4 Å². The molecule has 1 aromatic carbocycles. The molecule has 7 heteroatoms. The Kier molecular flexibility index (Phi) is 4.70. The Labute approximate surface area is 165 Å². The van der Waals surface area contributed by atoms with Crippen molar-refractivity contribution < 1.29 is 0 Å². The summed E-state index contributed by atoms with van der Waals surface area (Å²) < 4.78 is 4.61. The van der Waals surface area contributed by atoms with Crippen molar-refractivity contribution in [1.29, 1.82) is 0 Å². The summed E-state index contributed by atoms with van der Waals surface area (Å²) in [5.74, 6) is 3.85. The second-order valence-corrected chi connectivity index (χ2v) is 7.82. The molecule has 0 radical (unpaired) electrons. The molecule has 0 aliphatic carbocycles. The number of rotatable bonds is 4. The van der Waals surface area contributed by atoms with E-state index < -0.39 is 0 Å². The van der Waals surface area contributed by atoms with Crippen LogP contribution in [-0.2, 0) is 19.6 Å². The summed E-state index contributed by atoms with van der Waals surface area (Å²) in [6.45, 7) is 8.03. The molecule has 0 bridgehead atoms. The van der Waals surface area contributed by atoms with Crippen LogP contribution in [0.1, 0.15) is 41.9 Å². The van der Waals surface area contributed by atoms with Crippen LogP contribution in [0.5, 0.6) is 0 Å². The second-order valence-electron chi connectivity index (χ2n) is 7.82. The Morgan fingerprint density at radius 1 is 1.07 bits per heavy atom. The van der Waals surface area contributed by atoms with E-state index in [1.54, 1.807) is 0 Å². The van der Waals surface area contributed by atoms with Gasteiger partial charge < -0.3 is 9.88 Å². The molecule has 1 fully saturated rings. The van der Waals surface area contributed by atoms with Gasteiger partial charge in [-0.1, -0.05) is 18.2 Å². The van der Waals surface area contributed by atoms with Crippen molar-refractivity contribution in [2.45, 2.75) is 45.3 Å². The van der Waals surface area contributed by atoms with E-state index in [-0.39, 0.29) is 0 Å². The standard InChI is InChI=1S/C21H27N7/c1-16-23-13-19(28(16)18-5-3-2-4-6-18)15-26-10-7-17(8-11-26)21-25-24-20-14-22-9-12-27(20)21/h2-6,13,17,22H,7-12,14-15H2,1H3. The van der Waals surface area contributed by atoms with Gasteiger partial charge in [-0.15, -0.1) is 10.2 Å². The lowest BCUT2D eigenvalue weighted by molar-refractivity contribution is 0.196. The first-order valence-electron chi connectivity index (χ1n) is 10.2. The van der Waals surface area contributed by atoms with Gasteiger partial charge in [-0.05, 0) is 45.0 Å². The molecule has 2 aromatic heterocycles. The molecule has 0 amide bonds. The molecule has 0 atom stereocenters. The summed E-state index contributed by atoms with van der Waals surface area (Å²) in [6.07, 6.45) is 4.31. The quantitative estimate of drug-likeness (QED) is 0.756. The Bertz CT molecular complexity index is 935. The van der Waals surface area contributed by atoms with Crippen molar-refractivity contribution in [3.8, 4) is 5.69 Å². The molecule has 3 aromatic rings. The number of likely N-dealkylation sites (tertiary alicyclic amines) is 1. The maximum atomic E-state index is 4.57. The number of nitrogens with zero attached hydrogens (tertiary/aromatic N) is 6. The fourth-order valence-electron chi connectivity index (χ4n) is 4.53. The molecule has 4 heterocycles. The van der Waals surface area contributed by atoms with Crippen molar-refractivity contribution in [1.82, 2.24) is 34.5 Å². The van der Waals surface area contributed by atoms with Crippen LogP contribution in [0, 0.1) is 6.92 Å². The van der Waals surface area contributed by atoms with E-state index in [9.17, 15) is 0 Å². The van der Waals surface area contributed by atoms with Gasteiger partial charge >= 0.3 is 0 Å². The van der Waals surface area contributed by atoms with E-state index >= 15 is 0 Å². The van der Waals surface area contributed by atoms with Gasteiger partial charge in [0.2, 0.25) is 0 Å². The summed E-state index contributed by atoms with van der Waals surface area (Å²) >= 11 is 0. The summed E-state index contributed by atoms with van der Waals surface area (Å²) in [5.41, 5.74) is 2.44. The number of hydrogen-bond donors (Lipinski definition) is 1. The molecule has 0 unspecified atom stereocenters. The highest BCUT2D eigenvalue weighted by molar-refractivity contribution is 5.35. The predicted molar refractivity (Wildman–Crippen MR) is 107 cm³/mol. The lowest BCUT2D eigenvalue weighted by Gasteiger charge is -2.32. The number of para-hydroxylation sites is 1. The minimum Gasteiger partial charge on any atom is -0.312 e. The molecular weight excluding hydrogens is 350 g/mol. The van der Waals surface area contributed by atoms with E-state index in [2.05, 4.69) is 71.8 Å². The predicted octanol–water partition coefficient (Wildman–Crippen LogP) is 2.26. The number of aryl methyl sites for hydroxylation is 1. The third-order valence-electron chi connectivity index (χ3n) is 6.02. The van der Waals surface area contributed by atoms with Crippen LogP contribution in [0.2, 0.25) is 0 Å². The normalized spacial score (nSPS) is 18.3. The second kappa shape index (κ2) is 7.48. The zero-order valence-electron chi connectivity index (χ0n) is 16.4. The molecule has 2 aliphatic heterocycles. The van der Waals surface area contributed by atoms with Gasteiger partial charge in [-0.3, -0.25) is 9.47 Å². The minimum atomic E-state index is 0.524. The van der Waals surface area contributed by atoms with Crippen molar-refractivity contribution in [2.24, 2.45) is 0 Å². The highest BCUT2D eigenvalue weighted by Crippen LogP contribution is 2.29. The van der Waals surface area contributed by atoms with Crippen molar-refractivity contribution in [3.63, 3.8) is 0 Å². The molecular formula is C21H27N7. The maximum Gasteiger partial charge on any atom is 0.147 e. The van der Waals surface area contributed by atoms with E-state index in [0.717, 1.165) is 63.8 Å². The van der Waals surface area contributed by atoms with Gasteiger partial charge in [0.25, 0.3) is 0 Å². The van der Waals surface area contributed by atoms with E-state index in [4.69, 9.17) is 0 Å². The Morgan fingerprint density at radius 3 is 2.71 bits per heavy atom. The molecule has 0 saturated carbocycles. The lowest BCUT2D eigenvalue weighted by atomic mass is 9.95. The molecule has 1 N–H and O–H groups in total. The number of fused-ring (bicyclic) bond motifs is 1. The fraction of sp³-hybridized carbons (Fsp3) is 0.476. The van der Waals surface area contributed by atoms with Gasteiger partial charge in [0, 0.05) is 31.2 Å². The molecule has 5 rings (SSSR count). The topological polar surface area (TPSA) is 63.8 Å².